The highest BCUT2D eigenvalue weighted by atomic mass is 32.2. The highest BCUT2D eigenvalue weighted by Gasteiger charge is 2.06. The third-order valence-electron chi connectivity index (χ3n) is 2.83. The number of fused-ring (bicyclic) bond motifs is 1. The van der Waals surface area contributed by atoms with E-state index in [1.807, 2.05) is 10.6 Å². The summed E-state index contributed by atoms with van der Waals surface area (Å²) in [4.78, 5) is 3.07. The molecule has 0 saturated heterocycles. The topological polar surface area (TPSA) is 90.7 Å². The first-order chi connectivity index (χ1) is 9.40. The molecule has 0 saturated carbocycles. The fraction of sp³-hybridized carbons (Fsp3) is 0.333. The highest BCUT2D eigenvalue weighted by Crippen LogP contribution is 2.16. The predicted octanol–water partition coefficient (Wildman–Crippen LogP) is 1.51. The van der Waals surface area contributed by atoms with Gasteiger partial charge in [-0.05, 0) is 36.8 Å². The zero-order chi connectivity index (χ0) is 14.8. The largest absolute Gasteiger partial charge is 0.331 e. The standard InChI is InChI=1S/C12H14N4O2S2/c1-20(17,18)14-5-2-6-16-11-7-9(8-13)3-4-10(11)15-12(16)19/h3-4,7,14H,2,5-6H2,1H3,(H,15,19). The number of nitriles is 1. The third kappa shape index (κ3) is 3.45. The van der Waals surface area contributed by atoms with Crippen LogP contribution in [0.4, 0.5) is 0 Å². The van der Waals surface area contributed by atoms with Gasteiger partial charge in [-0.1, -0.05) is 0 Å². The van der Waals surface area contributed by atoms with Crippen molar-refractivity contribution in [2.24, 2.45) is 0 Å². The van der Waals surface area contributed by atoms with Crippen molar-refractivity contribution in [2.75, 3.05) is 12.8 Å². The highest BCUT2D eigenvalue weighted by molar-refractivity contribution is 7.88. The average Bonchev–Trinajstić information content (AvgIpc) is 2.68. The lowest BCUT2D eigenvalue weighted by molar-refractivity contribution is 0.576. The van der Waals surface area contributed by atoms with E-state index in [-0.39, 0.29) is 0 Å². The summed E-state index contributed by atoms with van der Waals surface area (Å²) < 4.78 is 26.8. The Morgan fingerprint density at radius 1 is 1.50 bits per heavy atom. The predicted molar refractivity (Wildman–Crippen MR) is 79.3 cm³/mol. The molecule has 0 unspecified atom stereocenters. The van der Waals surface area contributed by atoms with Crippen LogP contribution < -0.4 is 4.72 Å². The first-order valence-corrected chi connectivity index (χ1v) is 8.28. The normalized spacial score (nSPS) is 11.6. The van der Waals surface area contributed by atoms with E-state index in [2.05, 4.69) is 15.8 Å². The summed E-state index contributed by atoms with van der Waals surface area (Å²) in [7, 11) is -3.16. The van der Waals surface area contributed by atoms with Crippen LogP contribution in [0.5, 0.6) is 0 Å². The van der Waals surface area contributed by atoms with E-state index >= 15 is 0 Å². The van der Waals surface area contributed by atoms with Crippen LogP contribution in [0.1, 0.15) is 12.0 Å². The van der Waals surface area contributed by atoms with Crippen molar-refractivity contribution < 1.29 is 8.42 Å². The number of sulfonamides is 1. The second-order valence-electron chi connectivity index (χ2n) is 4.45. The Kier molecular flexibility index (Phi) is 4.23. The first kappa shape index (κ1) is 14.7. The minimum absolute atomic E-state index is 0.352. The number of rotatable bonds is 5. The summed E-state index contributed by atoms with van der Waals surface area (Å²) >= 11 is 5.24. The van der Waals surface area contributed by atoms with Crippen molar-refractivity contribution in [3.8, 4) is 6.07 Å². The molecular formula is C12H14N4O2S2. The van der Waals surface area contributed by atoms with E-state index < -0.39 is 10.0 Å². The van der Waals surface area contributed by atoms with Gasteiger partial charge in [0.25, 0.3) is 0 Å². The Balaban J connectivity index is 2.19. The molecule has 1 heterocycles. The number of H-pyrrole nitrogens is 1. The molecule has 0 radical (unpaired) electrons. The number of benzene rings is 1. The molecule has 2 aromatic rings. The molecule has 6 nitrogen and oxygen atoms in total. The van der Waals surface area contributed by atoms with Gasteiger partial charge in [-0.3, -0.25) is 0 Å². The number of aromatic amines is 1. The number of hydrogen-bond donors (Lipinski definition) is 2. The van der Waals surface area contributed by atoms with Crippen molar-refractivity contribution in [3.05, 3.63) is 28.5 Å². The molecule has 2 N–H and O–H groups in total. The summed E-state index contributed by atoms with van der Waals surface area (Å²) in [5.41, 5.74) is 2.29. The quantitative estimate of drug-likeness (QED) is 0.647. The van der Waals surface area contributed by atoms with E-state index in [9.17, 15) is 8.42 Å². The van der Waals surface area contributed by atoms with Gasteiger partial charge < -0.3 is 9.55 Å². The van der Waals surface area contributed by atoms with Crippen LogP contribution in [0.3, 0.4) is 0 Å². The number of hydrogen-bond acceptors (Lipinski definition) is 4. The van der Waals surface area contributed by atoms with E-state index in [4.69, 9.17) is 17.5 Å². The van der Waals surface area contributed by atoms with Gasteiger partial charge in [0, 0.05) is 13.1 Å². The first-order valence-electron chi connectivity index (χ1n) is 5.98. The molecule has 0 aliphatic heterocycles. The molecule has 0 amide bonds. The Morgan fingerprint density at radius 3 is 2.90 bits per heavy atom. The number of nitrogens with zero attached hydrogens (tertiary/aromatic N) is 2. The minimum atomic E-state index is -3.16. The Bertz CT molecular complexity index is 827. The van der Waals surface area contributed by atoms with Crippen LogP contribution in [0.15, 0.2) is 18.2 Å². The van der Waals surface area contributed by atoms with Crippen molar-refractivity contribution in [2.45, 2.75) is 13.0 Å². The van der Waals surface area contributed by atoms with Gasteiger partial charge >= 0.3 is 0 Å². The molecule has 0 spiro atoms. The third-order valence-corrected chi connectivity index (χ3v) is 3.88. The van der Waals surface area contributed by atoms with Gasteiger partial charge in [-0.2, -0.15) is 5.26 Å². The van der Waals surface area contributed by atoms with Crippen LogP contribution in [-0.2, 0) is 16.6 Å². The number of imidazole rings is 1. The zero-order valence-corrected chi connectivity index (χ0v) is 12.5. The molecule has 8 heteroatoms. The maximum atomic E-state index is 11.0. The lowest BCUT2D eigenvalue weighted by Gasteiger charge is -2.05. The van der Waals surface area contributed by atoms with E-state index in [0.717, 1.165) is 17.3 Å². The molecule has 1 aromatic heterocycles. The molecule has 0 bridgehead atoms. The number of nitrogens with one attached hydrogen (secondary N) is 2. The SMILES string of the molecule is CS(=O)(=O)NCCCn1c(=S)[nH]c2ccc(C#N)cc21. The van der Waals surface area contributed by atoms with Crippen LogP contribution in [0.25, 0.3) is 11.0 Å². The summed E-state index contributed by atoms with van der Waals surface area (Å²) in [6.45, 7) is 0.932. The molecule has 106 valence electrons. The maximum absolute atomic E-state index is 11.0. The smallest absolute Gasteiger partial charge is 0.208 e. The van der Waals surface area contributed by atoms with Gasteiger partial charge in [-0.25, -0.2) is 13.1 Å². The summed E-state index contributed by atoms with van der Waals surface area (Å²) in [5.74, 6) is 0. The lowest BCUT2D eigenvalue weighted by atomic mass is 10.2. The fourth-order valence-corrected chi connectivity index (χ4v) is 2.75. The number of aromatic nitrogens is 2. The molecule has 1 aromatic carbocycles. The monoisotopic (exact) mass is 310 g/mol. The summed E-state index contributed by atoms with van der Waals surface area (Å²) in [6, 6.07) is 7.40. The Labute approximate surface area is 122 Å². The minimum Gasteiger partial charge on any atom is -0.331 e. The molecule has 0 aliphatic rings. The van der Waals surface area contributed by atoms with Gasteiger partial charge in [0.2, 0.25) is 10.0 Å². The van der Waals surface area contributed by atoms with Gasteiger partial charge in [-0.15, -0.1) is 0 Å². The molecular weight excluding hydrogens is 296 g/mol. The van der Waals surface area contributed by atoms with Gasteiger partial charge in [0.05, 0.1) is 28.9 Å². The summed E-state index contributed by atoms with van der Waals surface area (Å²) in [6.07, 6.45) is 1.74. The van der Waals surface area contributed by atoms with Crippen LogP contribution in [0, 0.1) is 16.1 Å². The summed E-state index contributed by atoms with van der Waals surface area (Å²) in [5, 5.41) is 8.93. The van der Waals surface area contributed by atoms with Crippen LogP contribution in [-0.4, -0.2) is 30.8 Å². The second-order valence-corrected chi connectivity index (χ2v) is 6.67. The van der Waals surface area contributed by atoms with E-state index in [1.165, 1.54) is 0 Å². The Morgan fingerprint density at radius 2 is 2.25 bits per heavy atom. The van der Waals surface area contributed by atoms with E-state index in [0.29, 0.717) is 29.8 Å². The van der Waals surface area contributed by atoms with Crippen LogP contribution >= 0.6 is 12.2 Å². The van der Waals surface area contributed by atoms with E-state index in [1.54, 1.807) is 12.1 Å². The second kappa shape index (κ2) is 5.75. The van der Waals surface area contributed by atoms with Crippen molar-refractivity contribution in [3.63, 3.8) is 0 Å². The van der Waals surface area contributed by atoms with Gasteiger partial charge in [0.15, 0.2) is 4.77 Å². The molecule has 0 fully saturated rings. The zero-order valence-electron chi connectivity index (χ0n) is 10.9. The molecule has 2 rings (SSSR count). The molecule has 20 heavy (non-hydrogen) atoms. The molecule has 0 aliphatic carbocycles. The average molecular weight is 310 g/mol. The molecule has 0 atom stereocenters. The number of aryl methyl sites for hydroxylation is 1. The van der Waals surface area contributed by atoms with Crippen molar-refractivity contribution >= 4 is 33.3 Å². The Hall–Kier alpha value is -1.69. The van der Waals surface area contributed by atoms with Crippen molar-refractivity contribution in [1.82, 2.24) is 14.3 Å². The van der Waals surface area contributed by atoms with Crippen LogP contribution in [0.2, 0.25) is 0 Å². The van der Waals surface area contributed by atoms with Crippen molar-refractivity contribution in [1.29, 1.82) is 5.26 Å². The fourth-order valence-electron chi connectivity index (χ4n) is 1.94. The lowest BCUT2D eigenvalue weighted by Crippen LogP contribution is -2.23. The maximum Gasteiger partial charge on any atom is 0.208 e. The van der Waals surface area contributed by atoms with Gasteiger partial charge in [0.1, 0.15) is 0 Å².